The molecule has 0 aromatic heterocycles. The standard InChI is InChI=1S/C13H26N2/c1-10-5-6-11(8-10)15-9-13(2)7-3-4-12(13)14/h10-12,15H,3-9,14H2,1-2H3. The van der Waals surface area contributed by atoms with Crippen LogP contribution in [-0.2, 0) is 0 Å². The molecule has 2 fully saturated rings. The molecule has 2 aliphatic rings. The Morgan fingerprint density at radius 3 is 2.67 bits per heavy atom. The molecule has 2 saturated carbocycles. The smallest absolute Gasteiger partial charge is 0.0105 e. The van der Waals surface area contributed by atoms with Crippen LogP contribution in [0, 0.1) is 11.3 Å². The lowest BCUT2D eigenvalue weighted by molar-refractivity contribution is 0.263. The molecule has 0 amide bonds. The molecule has 2 rings (SSSR count). The molecule has 0 aromatic rings. The lowest BCUT2D eigenvalue weighted by atomic mass is 9.85. The van der Waals surface area contributed by atoms with E-state index in [2.05, 4.69) is 19.2 Å². The topological polar surface area (TPSA) is 38.0 Å². The first-order chi connectivity index (χ1) is 7.10. The molecular weight excluding hydrogens is 184 g/mol. The molecular formula is C13H26N2. The summed E-state index contributed by atoms with van der Waals surface area (Å²) >= 11 is 0. The van der Waals surface area contributed by atoms with Gasteiger partial charge in [-0.05, 0) is 43.4 Å². The molecule has 2 aliphatic carbocycles. The fourth-order valence-electron chi connectivity index (χ4n) is 3.25. The van der Waals surface area contributed by atoms with Gasteiger partial charge in [-0.1, -0.05) is 20.3 Å². The molecule has 0 heterocycles. The van der Waals surface area contributed by atoms with Crippen LogP contribution in [0.15, 0.2) is 0 Å². The molecule has 0 radical (unpaired) electrons. The van der Waals surface area contributed by atoms with E-state index in [1.165, 1.54) is 38.5 Å². The zero-order valence-electron chi connectivity index (χ0n) is 10.3. The summed E-state index contributed by atoms with van der Waals surface area (Å²) in [6, 6.07) is 1.19. The third kappa shape index (κ3) is 2.54. The van der Waals surface area contributed by atoms with Crippen LogP contribution in [0.2, 0.25) is 0 Å². The minimum absolute atomic E-state index is 0.367. The largest absolute Gasteiger partial charge is 0.327 e. The van der Waals surface area contributed by atoms with Crippen LogP contribution in [0.5, 0.6) is 0 Å². The number of rotatable bonds is 3. The Balaban J connectivity index is 1.77. The first-order valence-electron chi connectivity index (χ1n) is 6.59. The van der Waals surface area contributed by atoms with Gasteiger partial charge < -0.3 is 11.1 Å². The Kier molecular flexibility index (Phi) is 3.36. The third-order valence-corrected chi connectivity index (χ3v) is 4.65. The van der Waals surface area contributed by atoms with Crippen molar-refractivity contribution in [3.63, 3.8) is 0 Å². The van der Waals surface area contributed by atoms with E-state index in [1.54, 1.807) is 0 Å². The Morgan fingerprint density at radius 2 is 2.13 bits per heavy atom. The van der Waals surface area contributed by atoms with Gasteiger partial charge in [0.1, 0.15) is 0 Å². The molecule has 2 nitrogen and oxygen atoms in total. The van der Waals surface area contributed by atoms with Gasteiger partial charge in [0.2, 0.25) is 0 Å². The van der Waals surface area contributed by atoms with Gasteiger partial charge in [-0.2, -0.15) is 0 Å². The second-order valence-electron chi connectivity index (χ2n) is 6.15. The predicted molar refractivity (Wildman–Crippen MR) is 64.7 cm³/mol. The van der Waals surface area contributed by atoms with Crippen LogP contribution in [0.3, 0.4) is 0 Å². The van der Waals surface area contributed by atoms with E-state index in [0.717, 1.165) is 18.5 Å². The van der Waals surface area contributed by atoms with Crippen molar-refractivity contribution in [2.45, 2.75) is 64.5 Å². The van der Waals surface area contributed by atoms with Crippen molar-refractivity contribution >= 4 is 0 Å². The second kappa shape index (κ2) is 4.42. The SMILES string of the molecule is CC1CCC(NCC2(C)CCCC2N)C1. The summed E-state index contributed by atoms with van der Waals surface area (Å²) in [5.74, 6) is 0.924. The highest BCUT2D eigenvalue weighted by atomic mass is 14.9. The van der Waals surface area contributed by atoms with Gasteiger partial charge in [-0.3, -0.25) is 0 Å². The Bertz CT molecular complexity index is 217. The van der Waals surface area contributed by atoms with Crippen molar-refractivity contribution in [2.24, 2.45) is 17.1 Å². The number of nitrogens with one attached hydrogen (secondary N) is 1. The maximum absolute atomic E-state index is 6.19. The second-order valence-corrected chi connectivity index (χ2v) is 6.15. The van der Waals surface area contributed by atoms with E-state index >= 15 is 0 Å². The fourth-order valence-corrected chi connectivity index (χ4v) is 3.25. The van der Waals surface area contributed by atoms with Crippen molar-refractivity contribution in [1.29, 1.82) is 0 Å². The number of hydrogen-bond acceptors (Lipinski definition) is 2. The van der Waals surface area contributed by atoms with Gasteiger partial charge in [-0.15, -0.1) is 0 Å². The molecule has 2 heteroatoms. The number of hydrogen-bond donors (Lipinski definition) is 2. The summed E-state index contributed by atoms with van der Waals surface area (Å²) in [6.45, 7) is 5.85. The van der Waals surface area contributed by atoms with E-state index in [-0.39, 0.29) is 0 Å². The van der Waals surface area contributed by atoms with Crippen molar-refractivity contribution in [1.82, 2.24) is 5.32 Å². The molecule has 0 saturated heterocycles. The van der Waals surface area contributed by atoms with Gasteiger partial charge in [0.05, 0.1) is 0 Å². The Morgan fingerprint density at radius 1 is 1.33 bits per heavy atom. The summed E-state index contributed by atoms with van der Waals surface area (Å²) in [5, 5.41) is 3.74. The molecule has 0 aromatic carbocycles. The highest BCUT2D eigenvalue weighted by Gasteiger charge is 2.36. The summed E-state index contributed by atoms with van der Waals surface area (Å²) in [7, 11) is 0. The van der Waals surface area contributed by atoms with Crippen molar-refractivity contribution in [3.05, 3.63) is 0 Å². The van der Waals surface area contributed by atoms with Crippen LogP contribution in [0.4, 0.5) is 0 Å². The van der Waals surface area contributed by atoms with E-state index in [1.807, 2.05) is 0 Å². The minimum atomic E-state index is 0.367. The van der Waals surface area contributed by atoms with Crippen molar-refractivity contribution in [3.8, 4) is 0 Å². The molecule has 88 valence electrons. The minimum Gasteiger partial charge on any atom is -0.327 e. The predicted octanol–water partition coefficient (Wildman–Crippen LogP) is 2.28. The number of nitrogens with two attached hydrogens (primary N) is 1. The molecule has 0 aliphatic heterocycles. The zero-order chi connectivity index (χ0) is 10.9. The highest BCUT2D eigenvalue weighted by molar-refractivity contribution is 4.94. The average Bonchev–Trinajstić information content (AvgIpc) is 2.73. The zero-order valence-corrected chi connectivity index (χ0v) is 10.3. The van der Waals surface area contributed by atoms with Gasteiger partial charge >= 0.3 is 0 Å². The van der Waals surface area contributed by atoms with Crippen LogP contribution >= 0.6 is 0 Å². The molecule has 4 atom stereocenters. The van der Waals surface area contributed by atoms with Crippen molar-refractivity contribution in [2.75, 3.05) is 6.54 Å². The highest BCUT2D eigenvalue weighted by Crippen LogP contribution is 2.36. The van der Waals surface area contributed by atoms with E-state index in [9.17, 15) is 0 Å². The normalized spacial score (nSPS) is 46.2. The summed E-state index contributed by atoms with van der Waals surface area (Å²) in [6.07, 6.45) is 7.99. The monoisotopic (exact) mass is 210 g/mol. The Hall–Kier alpha value is -0.0800. The molecule has 3 N–H and O–H groups in total. The summed E-state index contributed by atoms with van der Waals surface area (Å²) < 4.78 is 0. The first-order valence-corrected chi connectivity index (χ1v) is 6.59. The molecule has 0 spiro atoms. The lowest BCUT2D eigenvalue weighted by Gasteiger charge is -2.31. The van der Waals surface area contributed by atoms with Gasteiger partial charge in [-0.25, -0.2) is 0 Å². The van der Waals surface area contributed by atoms with Crippen molar-refractivity contribution < 1.29 is 0 Å². The van der Waals surface area contributed by atoms with Crippen LogP contribution in [0.1, 0.15) is 52.4 Å². The summed E-state index contributed by atoms with van der Waals surface area (Å²) in [5.41, 5.74) is 6.55. The third-order valence-electron chi connectivity index (χ3n) is 4.65. The maximum Gasteiger partial charge on any atom is 0.0105 e. The molecule has 0 bridgehead atoms. The van der Waals surface area contributed by atoms with Gasteiger partial charge in [0, 0.05) is 18.6 Å². The maximum atomic E-state index is 6.19. The average molecular weight is 210 g/mol. The fraction of sp³-hybridized carbons (Fsp3) is 1.00. The lowest BCUT2D eigenvalue weighted by Crippen LogP contribution is -2.44. The van der Waals surface area contributed by atoms with E-state index < -0.39 is 0 Å². The molecule has 15 heavy (non-hydrogen) atoms. The Labute approximate surface area is 94.0 Å². The van der Waals surface area contributed by atoms with Crippen LogP contribution in [-0.4, -0.2) is 18.6 Å². The quantitative estimate of drug-likeness (QED) is 0.750. The van der Waals surface area contributed by atoms with Gasteiger partial charge in [0.15, 0.2) is 0 Å². The molecule has 4 unspecified atom stereocenters. The van der Waals surface area contributed by atoms with Crippen LogP contribution < -0.4 is 11.1 Å². The summed E-state index contributed by atoms with van der Waals surface area (Å²) in [4.78, 5) is 0. The van der Waals surface area contributed by atoms with E-state index in [0.29, 0.717) is 11.5 Å². The van der Waals surface area contributed by atoms with Crippen LogP contribution in [0.25, 0.3) is 0 Å². The van der Waals surface area contributed by atoms with Gasteiger partial charge in [0.25, 0.3) is 0 Å². The van der Waals surface area contributed by atoms with E-state index in [4.69, 9.17) is 5.73 Å². The first kappa shape index (κ1) is 11.4.